The third kappa shape index (κ3) is 4.84. The fraction of sp³-hybridized carbons (Fsp3) is 0.444. The Labute approximate surface area is 143 Å². The van der Waals surface area contributed by atoms with Gasteiger partial charge in [0, 0.05) is 23.9 Å². The summed E-state index contributed by atoms with van der Waals surface area (Å²) >= 11 is 0. The number of carbonyl (C=O) groups is 1. The van der Waals surface area contributed by atoms with Gasteiger partial charge in [0.05, 0.1) is 6.20 Å². The first-order chi connectivity index (χ1) is 11.9. The van der Waals surface area contributed by atoms with Gasteiger partial charge in [0.15, 0.2) is 0 Å². The lowest BCUT2D eigenvalue weighted by Crippen LogP contribution is -2.17. The van der Waals surface area contributed by atoms with Crippen molar-refractivity contribution in [2.75, 3.05) is 0 Å². The summed E-state index contributed by atoms with van der Waals surface area (Å²) in [5.74, 6) is 0.180. The smallest absolute Gasteiger partial charge is 0.406 e. The molecule has 0 amide bonds. The Morgan fingerprint density at radius 1 is 1.16 bits per heavy atom. The zero-order valence-electron chi connectivity index (χ0n) is 13.6. The summed E-state index contributed by atoms with van der Waals surface area (Å²) < 4.78 is 43.1. The molecule has 0 spiro atoms. The lowest BCUT2D eigenvalue weighted by atomic mass is 9.89. The van der Waals surface area contributed by atoms with E-state index in [9.17, 15) is 18.0 Å². The minimum absolute atomic E-state index is 0.122. The average molecular weight is 352 g/mol. The summed E-state index contributed by atoms with van der Waals surface area (Å²) in [4.78, 5) is 11.0. The number of halogens is 3. The van der Waals surface area contributed by atoms with Crippen molar-refractivity contribution in [3.63, 3.8) is 0 Å². The van der Waals surface area contributed by atoms with Gasteiger partial charge in [0.1, 0.15) is 12.0 Å². The summed E-state index contributed by atoms with van der Waals surface area (Å²) in [6.45, 7) is 0.805. The zero-order chi connectivity index (χ0) is 17.9. The molecule has 1 heterocycles. The van der Waals surface area contributed by atoms with Crippen LogP contribution in [0.1, 0.15) is 42.5 Å². The van der Waals surface area contributed by atoms with Gasteiger partial charge in [-0.15, -0.1) is 13.2 Å². The first kappa shape index (κ1) is 17.5. The van der Waals surface area contributed by atoms with E-state index >= 15 is 0 Å². The number of carbonyl (C=O) groups excluding carboxylic acids is 1. The van der Waals surface area contributed by atoms with E-state index in [1.54, 1.807) is 12.4 Å². The van der Waals surface area contributed by atoms with Crippen molar-refractivity contribution in [3.05, 3.63) is 36.2 Å². The first-order valence-electron chi connectivity index (χ1n) is 8.32. The van der Waals surface area contributed by atoms with Crippen LogP contribution in [0.5, 0.6) is 5.75 Å². The van der Waals surface area contributed by atoms with Crippen molar-refractivity contribution in [3.8, 4) is 16.9 Å². The summed E-state index contributed by atoms with van der Waals surface area (Å²) in [6.07, 6.45) is 5.21. The minimum Gasteiger partial charge on any atom is -0.406 e. The van der Waals surface area contributed by atoms with E-state index in [4.69, 9.17) is 0 Å². The van der Waals surface area contributed by atoms with Crippen LogP contribution in [0.2, 0.25) is 0 Å². The zero-order valence-corrected chi connectivity index (χ0v) is 13.6. The van der Waals surface area contributed by atoms with Crippen molar-refractivity contribution >= 4 is 6.29 Å². The fourth-order valence-corrected chi connectivity index (χ4v) is 3.30. The van der Waals surface area contributed by atoms with Gasteiger partial charge in [0.25, 0.3) is 0 Å². The SMILES string of the molecule is O=Cc1cc(OC(F)(F)F)cc(-c2cnn(CC3CCCCC3)c2)c1. The number of aldehydes is 1. The molecule has 1 aromatic heterocycles. The van der Waals surface area contributed by atoms with E-state index in [0.29, 0.717) is 23.3 Å². The van der Waals surface area contributed by atoms with Crippen LogP contribution in [0.15, 0.2) is 30.6 Å². The van der Waals surface area contributed by atoms with E-state index in [2.05, 4.69) is 9.84 Å². The van der Waals surface area contributed by atoms with Crippen LogP contribution in [-0.2, 0) is 6.54 Å². The maximum Gasteiger partial charge on any atom is 0.573 e. The van der Waals surface area contributed by atoms with Crippen molar-refractivity contribution in [1.82, 2.24) is 9.78 Å². The van der Waals surface area contributed by atoms with Crippen molar-refractivity contribution in [2.24, 2.45) is 5.92 Å². The molecule has 0 radical (unpaired) electrons. The van der Waals surface area contributed by atoms with Crippen LogP contribution in [0.3, 0.4) is 0 Å². The van der Waals surface area contributed by atoms with Gasteiger partial charge >= 0.3 is 6.36 Å². The van der Waals surface area contributed by atoms with E-state index in [1.165, 1.54) is 44.2 Å². The number of benzene rings is 1. The van der Waals surface area contributed by atoms with Gasteiger partial charge in [-0.3, -0.25) is 9.48 Å². The van der Waals surface area contributed by atoms with Crippen molar-refractivity contribution in [1.29, 1.82) is 0 Å². The molecule has 1 aromatic carbocycles. The maximum absolute atomic E-state index is 12.4. The van der Waals surface area contributed by atoms with Crippen LogP contribution in [0, 0.1) is 5.92 Å². The summed E-state index contributed by atoms with van der Waals surface area (Å²) in [7, 11) is 0. The maximum atomic E-state index is 12.4. The molecule has 0 atom stereocenters. The van der Waals surface area contributed by atoms with E-state index in [-0.39, 0.29) is 5.56 Å². The molecule has 2 aromatic rings. The van der Waals surface area contributed by atoms with Gasteiger partial charge in [0.2, 0.25) is 0 Å². The molecule has 7 heteroatoms. The molecule has 1 aliphatic carbocycles. The van der Waals surface area contributed by atoms with Gasteiger partial charge < -0.3 is 4.74 Å². The summed E-state index contributed by atoms with van der Waals surface area (Å²) in [5.41, 5.74) is 1.25. The second-order valence-electron chi connectivity index (χ2n) is 6.41. The molecule has 1 fully saturated rings. The van der Waals surface area contributed by atoms with E-state index < -0.39 is 12.1 Å². The number of hydrogen-bond acceptors (Lipinski definition) is 3. The Morgan fingerprint density at radius 2 is 1.92 bits per heavy atom. The van der Waals surface area contributed by atoms with Gasteiger partial charge in [-0.1, -0.05) is 19.3 Å². The number of ether oxygens (including phenoxy) is 1. The van der Waals surface area contributed by atoms with Crippen LogP contribution < -0.4 is 4.74 Å². The minimum atomic E-state index is -4.80. The fourth-order valence-electron chi connectivity index (χ4n) is 3.30. The molecule has 0 unspecified atom stereocenters. The van der Waals surface area contributed by atoms with Crippen molar-refractivity contribution in [2.45, 2.75) is 45.0 Å². The highest BCUT2D eigenvalue weighted by atomic mass is 19.4. The van der Waals surface area contributed by atoms with Crippen LogP contribution in [0.25, 0.3) is 11.1 Å². The predicted octanol–water partition coefficient (Wildman–Crippen LogP) is 4.84. The molecule has 0 aliphatic heterocycles. The van der Waals surface area contributed by atoms with Gasteiger partial charge in [-0.2, -0.15) is 5.10 Å². The second kappa shape index (κ2) is 7.29. The first-order valence-corrected chi connectivity index (χ1v) is 8.32. The predicted molar refractivity (Wildman–Crippen MR) is 86.3 cm³/mol. The van der Waals surface area contributed by atoms with E-state index in [0.717, 1.165) is 12.6 Å². The number of nitrogens with zero attached hydrogens (tertiary/aromatic N) is 2. The normalized spacial score (nSPS) is 16.0. The summed E-state index contributed by atoms with van der Waals surface area (Å²) in [6, 6.07) is 3.86. The Hall–Kier alpha value is -2.31. The molecule has 0 saturated heterocycles. The highest BCUT2D eigenvalue weighted by Gasteiger charge is 2.31. The number of aromatic nitrogens is 2. The Kier molecular flexibility index (Phi) is 5.11. The molecule has 1 saturated carbocycles. The van der Waals surface area contributed by atoms with Crippen LogP contribution in [0.4, 0.5) is 13.2 Å². The number of alkyl halides is 3. The number of hydrogen-bond donors (Lipinski definition) is 0. The van der Waals surface area contributed by atoms with Crippen molar-refractivity contribution < 1.29 is 22.7 Å². The summed E-state index contributed by atoms with van der Waals surface area (Å²) in [5, 5.41) is 4.31. The lowest BCUT2D eigenvalue weighted by Gasteiger charge is -2.21. The van der Waals surface area contributed by atoms with Gasteiger partial charge in [-0.05, 0) is 42.5 Å². The Bertz CT molecular complexity index is 734. The van der Waals surface area contributed by atoms with E-state index in [1.807, 2.05) is 4.68 Å². The molecule has 1 aliphatic rings. The molecule has 0 N–H and O–H groups in total. The molecule has 3 rings (SSSR count). The molecule has 134 valence electrons. The molecular formula is C18H19F3N2O2. The number of rotatable bonds is 5. The molecule has 0 bridgehead atoms. The molecule has 25 heavy (non-hydrogen) atoms. The van der Waals surface area contributed by atoms with Gasteiger partial charge in [-0.25, -0.2) is 0 Å². The second-order valence-corrected chi connectivity index (χ2v) is 6.41. The largest absolute Gasteiger partial charge is 0.573 e. The highest BCUT2D eigenvalue weighted by Crippen LogP contribution is 2.30. The molecular weight excluding hydrogens is 333 g/mol. The topological polar surface area (TPSA) is 44.1 Å². The Balaban J connectivity index is 1.80. The average Bonchev–Trinajstić information content (AvgIpc) is 3.02. The Morgan fingerprint density at radius 3 is 2.60 bits per heavy atom. The quantitative estimate of drug-likeness (QED) is 0.723. The van der Waals surface area contributed by atoms with Crippen LogP contribution in [-0.4, -0.2) is 22.4 Å². The molecule has 4 nitrogen and oxygen atoms in total. The highest BCUT2D eigenvalue weighted by molar-refractivity contribution is 5.80. The third-order valence-electron chi connectivity index (χ3n) is 4.44. The monoisotopic (exact) mass is 352 g/mol. The third-order valence-corrected chi connectivity index (χ3v) is 4.44. The lowest BCUT2D eigenvalue weighted by molar-refractivity contribution is -0.274. The standard InChI is InChI=1S/C18H19F3N2O2/c19-18(20,21)25-17-7-14(12-24)6-15(8-17)16-9-22-23(11-16)10-13-4-2-1-3-5-13/h6-9,11-13H,1-5,10H2. The van der Waals surface area contributed by atoms with Crippen LogP contribution >= 0.6 is 0 Å².